The van der Waals surface area contributed by atoms with E-state index < -0.39 is 26.7 Å². The van der Waals surface area contributed by atoms with E-state index in [9.17, 15) is 0 Å². The number of hydrogen-bond donors (Lipinski definition) is 2. The molecular weight excluding hydrogens is 220 g/mol. The van der Waals surface area contributed by atoms with E-state index in [1.165, 1.54) is 0 Å². The van der Waals surface area contributed by atoms with Gasteiger partial charge in [0.25, 0.3) is 0 Å². The average molecular weight is 238 g/mol. The van der Waals surface area contributed by atoms with Gasteiger partial charge in [-0.15, -0.1) is 0 Å². The third-order valence-electron chi connectivity index (χ3n) is 2.08. The minimum absolute atomic E-state index is 1.51. The Morgan fingerprint density at radius 1 is 1.00 bits per heavy atom. The lowest BCUT2D eigenvalue weighted by atomic mass is 11.6. The number of nitrogens with one attached hydrogen (secondary N) is 2. The van der Waals surface area contributed by atoms with E-state index in [1.807, 2.05) is 33.7 Å². The maximum atomic E-state index is 5.88. The molecule has 1 aliphatic heterocycles. The fourth-order valence-electron chi connectivity index (χ4n) is 1.30. The summed E-state index contributed by atoms with van der Waals surface area (Å²) in [6.45, 7) is 6.07. The van der Waals surface area contributed by atoms with E-state index in [0.717, 1.165) is 0 Å². The normalized spacial score (nSPS) is 46.4. The summed E-state index contributed by atoms with van der Waals surface area (Å²) in [7, 11) is -2.04. The highest BCUT2D eigenvalue weighted by atomic mass is 28.5. The SMILES string of the molecule is CN[Si]1(C)O[SiH](C)O[Si](C)(NC)O1. The van der Waals surface area contributed by atoms with Crippen molar-refractivity contribution in [2.24, 2.45) is 0 Å². The fraction of sp³-hybridized carbons (Fsp3) is 1.00. The van der Waals surface area contributed by atoms with Gasteiger partial charge >= 0.3 is 26.7 Å². The van der Waals surface area contributed by atoms with Gasteiger partial charge < -0.3 is 12.3 Å². The van der Waals surface area contributed by atoms with Gasteiger partial charge in [0, 0.05) is 0 Å². The monoisotopic (exact) mass is 238 g/mol. The first kappa shape index (κ1) is 11.5. The second-order valence-electron chi connectivity index (χ2n) is 3.30. The van der Waals surface area contributed by atoms with Gasteiger partial charge in [0.05, 0.1) is 0 Å². The molecule has 0 spiro atoms. The molecule has 0 amide bonds. The van der Waals surface area contributed by atoms with Crippen LogP contribution in [0.25, 0.3) is 0 Å². The van der Waals surface area contributed by atoms with Crippen LogP contribution in [0.1, 0.15) is 0 Å². The predicted octanol–water partition coefficient (Wildman–Crippen LogP) is -0.524. The highest BCUT2D eigenvalue weighted by Gasteiger charge is 2.49. The van der Waals surface area contributed by atoms with Crippen LogP contribution in [0.4, 0.5) is 0 Å². The van der Waals surface area contributed by atoms with Crippen molar-refractivity contribution in [3.63, 3.8) is 0 Å². The molecule has 1 saturated heterocycles. The standard InChI is InChI=1S/C5H18N2O3Si3/c1-6-12(4)8-11(3)9-13(5,7-2)10-12/h6-7,11H,1-5H3. The molecule has 1 aliphatic rings. The number of rotatable bonds is 2. The van der Waals surface area contributed by atoms with Crippen molar-refractivity contribution >= 4 is 26.7 Å². The van der Waals surface area contributed by atoms with Crippen molar-refractivity contribution in [1.82, 2.24) is 9.96 Å². The van der Waals surface area contributed by atoms with Crippen molar-refractivity contribution in [3.8, 4) is 0 Å². The van der Waals surface area contributed by atoms with Gasteiger partial charge in [-0.25, -0.2) is 0 Å². The summed E-state index contributed by atoms with van der Waals surface area (Å²) in [5, 5.41) is 0. The van der Waals surface area contributed by atoms with E-state index in [4.69, 9.17) is 12.3 Å². The molecule has 0 aromatic rings. The maximum Gasteiger partial charge on any atom is 0.404 e. The molecule has 13 heavy (non-hydrogen) atoms. The Morgan fingerprint density at radius 3 is 1.69 bits per heavy atom. The average Bonchev–Trinajstić information content (AvgIpc) is 2.02. The van der Waals surface area contributed by atoms with Crippen LogP contribution in [0.2, 0.25) is 19.6 Å². The molecule has 0 bridgehead atoms. The molecule has 1 rings (SSSR count). The van der Waals surface area contributed by atoms with Crippen LogP contribution in [0.3, 0.4) is 0 Å². The van der Waals surface area contributed by atoms with Crippen LogP contribution in [0, 0.1) is 0 Å². The van der Waals surface area contributed by atoms with E-state index in [1.54, 1.807) is 0 Å². The van der Waals surface area contributed by atoms with Crippen molar-refractivity contribution < 1.29 is 12.3 Å². The fourth-order valence-corrected chi connectivity index (χ4v) is 13.0. The van der Waals surface area contributed by atoms with Gasteiger partial charge in [-0.3, -0.25) is 9.96 Å². The van der Waals surface area contributed by atoms with Gasteiger partial charge in [0.1, 0.15) is 0 Å². The molecule has 2 atom stereocenters. The quantitative estimate of drug-likeness (QED) is 0.634. The first-order valence-corrected chi connectivity index (χ1v) is 11.1. The van der Waals surface area contributed by atoms with Gasteiger partial charge in [0.15, 0.2) is 0 Å². The topological polar surface area (TPSA) is 51.8 Å². The van der Waals surface area contributed by atoms with E-state index >= 15 is 0 Å². The van der Waals surface area contributed by atoms with Gasteiger partial charge in [-0.05, 0) is 33.7 Å². The van der Waals surface area contributed by atoms with Crippen molar-refractivity contribution in [3.05, 3.63) is 0 Å². The third-order valence-corrected chi connectivity index (χ3v) is 13.3. The van der Waals surface area contributed by atoms with Crippen LogP contribution in [-0.2, 0) is 12.3 Å². The van der Waals surface area contributed by atoms with Crippen LogP contribution < -0.4 is 9.96 Å². The van der Waals surface area contributed by atoms with Crippen molar-refractivity contribution in [2.75, 3.05) is 14.1 Å². The minimum atomic E-state index is -2.14. The molecule has 0 saturated carbocycles. The summed E-state index contributed by atoms with van der Waals surface area (Å²) >= 11 is 0. The molecule has 0 radical (unpaired) electrons. The lowest BCUT2D eigenvalue weighted by molar-refractivity contribution is 0.230. The summed E-state index contributed by atoms with van der Waals surface area (Å²) in [6, 6.07) is 0. The molecule has 0 aromatic carbocycles. The molecule has 2 unspecified atom stereocenters. The molecular formula is C5H18N2O3Si3. The second-order valence-corrected chi connectivity index (χ2v) is 11.9. The Morgan fingerprint density at radius 2 is 1.38 bits per heavy atom. The van der Waals surface area contributed by atoms with E-state index in [-0.39, 0.29) is 0 Å². The van der Waals surface area contributed by atoms with E-state index in [2.05, 4.69) is 9.96 Å². The third kappa shape index (κ3) is 2.70. The van der Waals surface area contributed by atoms with E-state index in [0.29, 0.717) is 0 Å². The van der Waals surface area contributed by atoms with Crippen LogP contribution >= 0.6 is 0 Å². The van der Waals surface area contributed by atoms with Crippen LogP contribution in [-0.4, -0.2) is 40.8 Å². The highest BCUT2D eigenvalue weighted by molar-refractivity contribution is 6.86. The van der Waals surface area contributed by atoms with Crippen molar-refractivity contribution in [2.45, 2.75) is 19.6 Å². The summed E-state index contributed by atoms with van der Waals surface area (Å²) in [4.78, 5) is 6.29. The summed E-state index contributed by atoms with van der Waals surface area (Å²) < 4.78 is 17.4. The number of hydrogen-bond acceptors (Lipinski definition) is 5. The summed E-state index contributed by atoms with van der Waals surface area (Å²) in [6.07, 6.45) is 0. The zero-order valence-electron chi connectivity index (χ0n) is 8.80. The smallest absolute Gasteiger partial charge is 0.404 e. The molecule has 2 N–H and O–H groups in total. The summed E-state index contributed by atoms with van der Waals surface area (Å²) in [5.74, 6) is 0. The highest BCUT2D eigenvalue weighted by Crippen LogP contribution is 2.20. The first-order valence-electron chi connectivity index (χ1n) is 4.37. The molecule has 0 aliphatic carbocycles. The minimum Gasteiger partial charge on any atom is -0.406 e. The maximum absolute atomic E-state index is 5.88. The van der Waals surface area contributed by atoms with Crippen LogP contribution in [0.15, 0.2) is 0 Å². The van der Waals surface area contributed by atoms with Crippen LogP contribution in [0.5, 0.6) is 0 Å². The lowest BCUT2D eigenvalue weighted by Gasteiger charge is -2.43. The Balaban J connectivity index is 2.73. The molecule has 5 nitrogen and oxygen atoms in total. The largest absolute Gasteiger partial charge is 0.406 e. The first-order chi connectivity index (χ1) is 5.93. The van der Waals surface area contributed by atoms with Crippen molar-refractivity contribution in [1.29, 1.82) is 0 Å². The summed E-state index contributed by atoms with van der Waals surface area (Å²) in [5.41, 5.74) is 0. The zero-order valence-corrected chi connectivity index (χ0v) is 12.0. The molecule has 8 heteroatoms. The Kier molecular flexibility index (Phi) is 3.46. The molecule has 78 valence electrons. The Hall–Kier alpha value is 0.451. The Labute approximate surface area is 83.3 Å². The van der Waals surface area contributed by atoms with Gasteiger partial charge in [-0.1, -0.05) is 0 Å². The zero-order chi connectivity index (χ0) is 10.1. The second kappa shape index (κ2) is 3.90. The van der Waals surface area contributed by atoms with Gasteiger partial charge in [-0.2, -0.15) is 0 Å². The molecule has 0 aromatic heterocycles. The molecule has 1 heterocycles. The molecule has 1 fully saturated rings. The van der Waals surface area contributed by atoms with Gasteiger partial charge in [0.2, 0.25) is 0 Å². The lowest BCUT2D eigenvalue weighted by Crippen LogP contribution is -2.71. The predicted molar refractivity (Wildman–Crippen MR) is 57.6 cm³/mol. The Bertz CT molecular complexity index is 180.